The second-order valence-electron chi connectivity index (χ2n) is 9.67. The molecular weight excluding hydrogens is 503 g/mol. The van der Waals surface area contributed by atoms with Crippen molar-refractivity contribution >= 4 is 50.5 Å². The Kier molecular flexibility index (Phi) is 7.71. The number of piperidine rings is 1. The van der Waals surface area contributed by atoms with E-state index < -0.39 is 0 Å². The molecule has 0 aliphatic carbocycles. The second-order valence-corrected chi connectivity index (χ2v) is 10.6. The van der Waals surface area contributed by atoms with Gasteiger partial charge in [-0.15, -0.1) is 11.3 Å². The van der Waals surface area contributed by atoms with Crippen molar-refractivity contribution in [1.29, 1.82) is 0 Å². The summed E-state index contributed by atoms with van der Waals surface area (Å²) in [6, 6.07) is 14.8. The number of amides is 1. The molecule has 3 N–H and O–H groups in total. The summed E-state index contributed by atoms with van der Waals surface area (Å²) in [5, 5.41) is 11.1. The van der Waals surface area contributed by atoms with Gasteiger partial charge in [-0.3, -0.25) is 4.79 Å². The zero-order chi connectivity index (χ0) is 26.6. The highest BCUT2D eigenvalue weighted by atomic mass is 32.1. The van der Waals surface area contributed by atoms with E-state index in [1.807, 2.05) is 17.5 Å². The number of fused-ring (bicyclic) bond motifs is 1. The number of anilines is 4. The van der Waals surface area contributed by atoms with Gasteiger partial charge in [-0.05, 0) is 68.5 Å². The minimum absolute atomic E-state index is 0.165. The molecule has 4 aromatic rings. The molecule has 38 heavy (non-hydrogen) atoms. The number of nitrogens with zero attached hydrogens (tertiary/aromatic N) is 3. The largest absolute Gasteiger partial charge is 0.437 e. The summed E-state index contributed by atoms with van der Waals surface area (Å²) in [6.45, 7) is 7.90. The van der Waals surface area contributed by atoms with Crippen molar-refractivity contribution in [3.63, 3.8) is 0 Å². The Morgan fingerprint density at radius 1 is 1.11 bits per heavy atom. The van der Waals surface area contributed by atoms with Gasteiger partial charge >= 0.3 is 0 Å². The lowest BCUT2D eigenvalue weighted by Gasteiger charge is -2.35. The highest BCUT2D eigenvalue weighted by Gasteiger charge is 2.21. The monoisotopic (exact) mass is 534 g/mol. The molecule has 0 saturated carbocycles. The first-order chi connectivity index (χ1) is 18.3. The smallest absolute Gasteiger partial charge is 0.242 e. The summed E-state index contributed by atoms with van der Waals surface area (Å²) >= 11 is 1.47. The molecule has 1 saturated heterocycles. The van der Waals surface area contributed by atoms with Gasteiger partial charge in [0.2, 0.25) is 17.7 Å². The molecule has 2 aromatic carbocycles. The molecule has 0 unspecified atom stereocenters. The normalized spacial score (nSPS) is 14.6. The average molecular weight is 535 g/mol. The molecule has 3 heterocycles. The molecule has 10 heteroatoms. The number of hydrogen-bond acceptors (Lipinski definition) is 8. The topological polar surface area (TPSA) is 91.4 Å². The van der Waals surface area contributed by atoms with Crippen LogP contribution in [0.2, 0.25) is 0 Å². The van der Waals surface area contributed by atoms with Crippen LogP contribution in [0.25, 0.3) is 10.2 Å². The molecule has 0 spiro atoms. The molecule has 1 aliphatic heterocycles. The van der Waals surface area contributed by atoms with Gasteiger partial charge in [0.05, 0.1) is 11.2 Å². The van der Waals surface area contributed by atoms with Crippen LogP contribution in [0.5, 0.6) is 11.6 Å². The van der Waals surface area contributed by atoms with Gasteiger partial charge in [-0.2, -0.15) is 4.98 Å². The minimum Gasteiger partial charge on any atom is -0.437 e. The number of nitrogens with one attached hydrogen (secondary N) is 3. The first-order valence-electron chi connectivity index (χ1n) is 12.7. The number of thiophene rings is 1. The lowest BCUT2D eigenvalue weighted by Crippen LogP contribution is -2.42. The average Bonchev–Trinajstić information content (AvgIpc) is 3.35. The standard InChI is InChI=1S/C28H31FN6O2S/c1-17(2)35-12-9-19(10-13-35)31-24-8-7-21(16-23(24)29)32-28-33-25-11-14-38-26(25)27(34-28)37-22-6-4-5-20(15-22)30-18(3)36/h4-8,11,14-17,19,31H,9-10,12-13H2,1-3H3,(H,30,36)(H,32,33,34). The van der Waals surface area contributed by atoms with Crippen molar-refractivity contribution in [1.82, 2.24) is 14.9 Å². The fraction of sp³-hybridized carbons (Fsp3) is 0.321. The van der Waals surface area contributed by atoms with Gasteiger partial charge in [0.15, 0.2) is 0 Å². The fourth-order valence-electron chi connectivity index (χ4n) is 4.53. The number of halogens is 1. The van der Waals surface area contributed by atoms with E-state index in [-0.39, 0.29) is 17.8 Å². The van der Waals surface area contributed by atoms with Gasteiger partial charge in [0, 0.05) is 49.5 Å². The molecule has 5 rings (SSSR count). The number of benzene rings is 2. The van der Waals surface area contributed by atoms with E-state index in [0.29, 0.717) is 46.2 Å². The summed E-state index contributed by atoms with van der Waals surface area (Å²) in [5.41, 5.74) is 2.37. The lowest BCUT2D eigenvalue weighted by molar-refractivity contribution is -0.114. The fourth-order valence-corrected chi connectivity index (χ4v) is 5.29. The zero-order valence-electron chi connectivity index (χ0n) is 21.6. The predicted octanol–water partition coefficient (Wildman–Crippen LogP) is 6.61. The summed E-state index contributed by atoms with van der Waals surface area (Å²) in [7, 11) is 0. The van der Waals surface area contributed by atoms with Crippen LogP contribution in [0.1, 0.15) is 33.6 Å². The molecule has 1 amide bonds. The third-order valence-electron chi connectivity index (χ3n) is 6.49. The third kappa shape index (κ3) is 6.20. The van der Waals surface area contributed by atoms with Crippen molar-refractivity contribution in [3.05, 3.63) is 59.7 Å². The second kappa shape index (κ2) is 11.3. The summed E-state index contributed by atoms with van der Waals surface area (Å²) in [6.07, 6.45) is 1.98. The first-order valence-corrected chi connectivity index (χ1v) is 13.6. The van der Waals surface area contributed by atoms with Crippen molar-refractivity contribution < 1.29 is 13.9 Å². The van der Waals surface area contributed by atoms with Crippen molar-refractivity contribution in [3.8, 4) is 11.6 Å². The summed E-state index contributed by atoms with van der Waals surface area (Å²) in [4.78, 5) is 23.0. The van der Waals surface area contributed by atoms with Crippen LogP contribution in [0.3, 0.4) is 0 Å². The lowest BCUT2D eigenvalue weighted by atomic mass is 10.0. The maximum absolute atomic E-state index is 15.0. The molecule has 1 aliphatic rings. The van der Waals surface area contributed by atoms with E-state index in [0.717, 1.165) is 30.6 Å². The van der Waals surface area contributed by atoms with Crippen LogP contribution >= 0.6 is 11.3 Å². The number of rotatable bonds is 8. The maximum Gasteiger partial charge on any atom is 0.242 e. The summed E-state index contributed by atoms with van der Waals surface area (Å²) < 4.78 is 21.9. The highest BCUT2D eigenvalue weighted by molar-refractivity contribution is 7.17. The molecule has 198 valence electrons. The minimum atomic E-state index is -0.329. The SMILES string of the molecule is CC(=O)Nc1cccc(Oc2nc(Nc3ccc(NC4CCN(C(C)C)CC4)c(F)c3)nc3ccsc23)c1. The Morgan fingerprint density at radius 2 is 1.92 bits per heavy atom. The molecule has 0 bridgehead atoms. The van der Waals surface area contributed by atoms with E-state index in [1.165, 1.54) is 24.3 Å². The van der Waals surface area contributed by atoms with Crippen molar-refractivity contribution in [2.45, 2.75) is 45.7 Å². The molecule has 1 fully saturated rings. The van der Waals surface area contributed by atoms with Gasteiger partial charge < -0.3 is 25.6 Å². The summed E-state index contributed by atoms with van der Waals surface area (Å²) in [5.74, 6) is 0.700. The predicted molar refractivity (Wildman–Crippen MR) is 151 cm³/mol. The Bertz CT molecular complexity index is 1430. The van der Waals surface area contributed by atoms with E-state index in [1.54, 1.807) is 30.3 Å². The van der Waals surface area contributed by atoms with E-state index in [4.69, 9.17) is 4.74 Å². The van der Waals surface area contributed by atoms with Gasteiger partial charge in [0.25, 0.3) is 0 Å². The number of likely N-dealkylation sites (tertiary alicyclic amines) is 1. The van der Waals surface area contributed by atoms with E-state index >= 15 is 4.39 Å². The Balaban J connectivity index is 1.30. The van der Waals surface area contributed by atoms with Crippen LogP contribution < -0.4 is 20.7 Å². The first kappa shape index (κ1) is 25.9. The van der Waals surface area contributed by atoms with Crippen LogP contribution in [0.4, 0.5) is 27.4 Å². The van der Waals surface area contributed by atoms with E-state index in [9.17, 15) is 4.79 Å². The molecular formula is C28H31FN6O2S. The number of hydrogen-bond donors (Lipinski definition) is 3. The number of aromatic nitrogens is 2. The number of carbonyl (C=O) groups is 1. The number of ether oxygens (including phenoxy) is 1. The van der Waals surface area contributed by atoms with Crippen LogP contribution in [0.15, 0.2) is 53.9 Å². The van der Waals surface area contributed by atoms with Crippen LogP contribution in [-0.2, 0) is 4.79 Å². The zero-order valence-corrected chi connectivity index (χ0v) is 22.4. The highest BCUT2D eigenvalue weighted by Crippen LogP contribution is 2.34. The maximum atomic E-state index is 15.0. The molecule has 2 aromatic heterocycles. The van der Waals surface area contributed by atoms with Gasteiger partial charge in [0.1, 0.15) is 16.3 Å². The third-order valence-corrected chi connectivity index (χ3v) is 7.38. The van der Waals surface area contributed by atoms with Crippen molar-refractivity contribution in [2.75, 3.05) is 29.0 Å². The van der Waals surface area contributed by atoms with Gasteiger partial charge in [-0.25, -0.2) is 9.37 Å². The Hall–Kier alpha value is -3.76. The quantitative estimate of drug-likeness (QED) is 0.234. The number of carbonyl (C=O) groups excluding carboxylic acids is 1. The molecule has 0 radical (unpaired) electrons. The molecule has 0 atom stereocenters. The van der Waals surface area contributed by atoms with Gasteiger partial charge in [-0.1, -0.05) is 6.07 Å². The molecule has 8 nitrogen and oxygen atoms in total. The Morgan fingerprint density at radius 3 is 2.66 bits per heavy atom. The van der Waals surface area contributed by atoms with Crippen LogP contribution in [-0.4, -0.2) is 45.9 Å². The van der Waals surface area contributed by atoms with E-state index in [2.05, 4.69) is 44.7 Å². The van der Waals surface area contributed by atoms with Crippen LogP contribution in [0, 0.1) is 5.82 Å². The van der Waals surface area contributed by atoms with Crippen molar-refractivity contribution in [2.24, 2.45) is 0 Å². The Labute approximate surface area is 225 Å².